The Hall–Kier alpha value is -6.83. The first-order valence-corrected chi connectivity index (χ1v) is 26.1. The van der Waals surface area contributed by atoms with E-state index in [1.54, 1.807) is 52.2 Å². The van der Waals surface area contributed by atoms with Crippen LogP contribution in [0.4, 0.5) is 0 Å². The summed E-state index contributed by atoms with van der Waals surface area (Å²) < 4.78 is 18.7. The Morgan fingerprint density at radius 2 is 1.32 bits per heavy atom. The van der Waals surface area contributed by atoms with Gasteiger partial charge in [-0.05, 0) is 73.8 Å². The van der Waals surface area contributed by atoms with Crippen molar-refractivity contribution < 1.29 is 52.3 Å². The van der Waals surface area contributed by atoms with Crippen LogP contribution in [0.25, 0.3) is 0 Å². The van der Waals surface area contributed by atoms with Gasteiger partial charge in [-0.25, -0.2) is 0 Å². The maximum absolute atomic E-state index is 14.6. The molecule has 0 radical (unpaired) electrons. The molecule has 1 aromatic heterocycles. The number of ether oxygens (including phenoxy) is 3. The number of quaternary nitrogens is 1. The molecule has 19 nitrogen and oxygen atoms in total. The molecule has 2 saturated heterocycles. The Morgan fingerprint density at radius 3 is 1.92 bits per heavy atom. The van der Waals surface area contributed by atoms with Gasteiger partial charge in [0.2, 0.25) is 17.7 Å². The van der Waals surface area contributed by atoms with Crippen molar-refractivity contribution in [2.45, 2.75) is 123 Å². The zero-order valence-corrected chi connectivity index (χ0v) is 44.7. The van der Waals surface area contributed by atoms with Gasteiger partial charge < -0.3 is 45.3 Å². The zero-order valence-electron chi connectivity index (χ0n) is 44.7. The smallest absolute Gasteiger partial charge is 0.313 e. The molecule has 0 saturated carbocycles. The van der Waals surface area contributed by atoms with Crippen molar-refractivity contribution in [1.29, 1.82) is 0 Å². The fraction of sp³-hybridized carbons (Fsp3) is 0.518. The van der Waals surface area contributed by atoms with Gasteiger partial charge >= 0.3 is 5.97 Å². The summed E-state index contributed by atoms with van der Waals surface area (Å²) in [5, 5.41) is 22.6. The summed E-state index contributed by atoms with van der Waals surface area (Å²) in [6.45, 7) is 15.1. The fourth-order valence-electron chi connectivity index (χ4n) is 9.07. The van der Waals surface area contributed by atoms with Gasteiger partial charge in [0.05, 0.1) is 43.9 Å². The number of amides is 5. The predicted molar refractivity (Wildman–Crippen MR) is 279 cm³/mol. The van der Waals surface area contributed by atoms with Gasteiger partial charge in [-0.2, -0.15) is 0 Å². The van der Waals surface area contributed by atoms with E-state index in [0.717, 1.165) is 11.1 Å². The van der Waals surface area contributed by atoms with Crippen molar-refractivity contribution in [1.82, 2.24) is 41.6 Å². The van der Waals surface area contributed by atoms with Crippen molar-refractivity contribution in [2.24, 2.45) is 24.8 Å². The second-order valence-corrected chi connectivity index (χ2v) is 21.4. The third kappa shape index (κ3) is 17.4. The predicted octanol–water partition coefficient (Wildman–Crippen LogP) is 3.92. The molecule has 75 heavy (non-hydrogen) atoms. The number of benzene rings is 3. The first-order valence-electron chi connectivity index (χ1n) is 26.1. The van der Waals surface area contributed by atoms with E-state index >= 15 is 0 Å². The molecule has 19 heteroatoms. The molecule has 5 atom stereocenters. The molecule has 404 valence electrons. The largest absolute Gasteiger partial charge is 0.425 e. The maximum atomic E-state index is 14.6. The van der Waals surface area contributed by atoms with Crippen LogP contribution in [0, 0.1) is 17.8 Å². The second-order valence-electron chi connectivity index (χ2n) is 21.4. The van der Waals surface area contributed by atoms with Gasteiger partial charge in [0.15, 0.2) is 12.3 Å². The van der Waals surface area contributed by atoms with Crippen LogP contribution in [0.1, 0.15) is 100 Å². The monoisotopic (exact) mass is 1030 g/mol. The third-order valence-electron chi connectivity index (χ3n) is 13.4. The van der Waals surface area contributed by atoms with Crippen molar-refractivity contribution in [3.63, 3.8) is 0 Å². The highest BCUT2D eigenvalue weighted by molar-refractivity contribution is 5.99. The van der Waals surface area contributed by atoms with Crippen LogP contribution < -0.4 is 31.3 Å². The molecule has 6 rings (SSSR count). The zero-order chi connectivity index (χ0) is 54.3. The molecule has 0 unspecified atom stereocenters. The Labute approximate surface area is 440 Å². The number of nitrogens with one attached hydrogen (secondary N) is 5. The number of morpholine rings is 1. The lowest BCUT2D eigenvalue weighted by atomic mass is 9.93. The van der Waals surface area contributed by atoms with Gasteiger partial charge in [-0.15, -0.1) is 5.10 Å². The molecule has 0 spiro atoms. The highest BCUT2D eigenvalue weighted by atomic mass is 16.6. The summed E-state index contributed by atoms with van der Waals surface area (Å²) in [5.41, 5.74) is 2.12. The molecule has 4 aromatic rings. The molecule has 5 N–H and O–H groups in total. The highest BCUT2D eigenvalue weighted by Gasteiger charge is 2.50. The lowest BCUT2D eigenvalue weighted by Crippen LogP contribution is -2.61. The molecule has 2 aliphatic rings. The quantitative estimate of drug-likeness (QED) is 0.0247. The van der Waals surface area contributed by atoms with E-state index in [1.165, 1.54) is 4.68 Å². The summed E-state index contributed by atoms with van der Waals surface area (Å²) >= 11 is 0. The number of hydrogen-bond acceptors (Lipinski definition) is 12. The summed E-state index contributed by atoms with van der Waals surface area (Å²) in [6, 6.07) is 19.7. The first-order chi connectivity index (χ1) is 35.7. The topological polar surface area (TPSA) is 241 Å². The number of carbonyl (C=O) groups excluding carboxylic acids is 7. The van der Waals surface area contributed by atoms with Crippen molar-refractivity contribution in [3.8, 4) is 5.75 Å². The van der Waals surface area contributed by atoms with E-state index < -0.39 is 71.2 Å². The highest BCUT2D eigenvalue weighted by Crippen LogP contribution is 2.30. The number of epoxide rings is 1. The van der Waals surface area contributed by atoms with Gasteiger partial charge in [-0.1, -0.05) is 107 Å². The summed E-state index contributed by atoms with van der Waals surface area (Å²) in [4.78, 5) is 98.0. The number of carbonyl (C=O) groups is 7. The minimum absolute atomic E-state index is 0.0471. The molecule has 3 heterocycles. The minimum atomic E-state index is -1.11. The lowest BCUT2D eigenvalue weighted by molar-refractivity contribution is -0.940. The SMILES string of the molecule is CC(C)C[C@H](NC(=O)[C@H](CCc1ccccc1)NC(=O)C[N+]1(Cc2ccc(OC(=O)C(C)C)c(C(=O)NCc3cn(C)nn3)c2)CCOCC1)C(=O)N[C@@H](Cc1ccccc1)C(=O)N[C@@H](CC(C)C)C(=O)[C@@]1(C)CO1. The Bertz CT molecular complexity index is 2590. The molecule has 3 aromatic carbocycles. The second kappa shape index (κ2) is 26.6. The van der Waals surface area contributed by atoms with E-state index in [0.29, 0.717) is 56.9 Å². The Kier molecular flexibility index (Phi) is 20.4. The molecule has 2 fully saturated rings. The van der Waals surface area contributed by atoms with Crippen LogP contribution in [-0.4, -0.2) is 130 Å². The van der Waals surface area contributed by atoms with Crippen LogP contribution in [0.2, 0.25) is 0 Å². The Balaban J connectivity index is 1.22. The molecule has 5 amide bonds. The van der Waals surface area contributed by atoms with Gasteiger partial charge in [0.25, 0.3) is 11.8 Å². The van der Waals surface area contributed by atoms with Crippen molar-refractivity contribution >= 4 is 41.3 Å². The standard InChI is InChI=1S/C56H75N9O10/c1-36(2)27-45(50(67)56(7)35-74-56)59-54(71)47(30-40-17-13-10-14-18-40)61-53(70)46(28-37(3)4)60-52(69)44(21-19-39-15-11-9-12-16-39)58-49(66)34-65(23-25-73-26-24-65)33-41-20-22-48(75-55(72)38(5)6)43(29-41)51(68)57-31-42-32-64(8)63-62-42/h9-18,20,22,29,32,36-38,44-47H,19,21,23-28,30-31,33-35H2,1-8H3,(H4-,57,58,59,60,61,66,68,69,70,71)/p+1/t44-,45-,46-,47-,56+/m0/s1. The average Bonchev–Trinajstić information content (AvgIpc) is 3.99. The number of hydrogen-bond donors (Lipinski definition) is 5. The number of esters is 1. The van der Waals surface area contributed by atoms with E-state index in [-0.39, 0.29) is 72.4 Å². The van der Waals surface area contributed by atoms with Crippen LogP contribution in [0.15, 0.2) is 85.1 Å². The number of aromatic nitrogens is 3. The molecular formula is C56H76N9O10+. The van der Waals surface area contributed by atoms with Crippen LogP contribution in [0.3, 0.4) is 0 Å². The fourth-order valence-corrected chi connectivity index (χ4v) is 9.07. The molecule has 0 bridgehead atoms. The van der Waals surface area contributed by atoms with Crippen LogP contribution >= 0.6 is 0 Å². The maximum Gasteiger partial charge on any atom is 0.313 e. The first kappa shape index (κ1) is 57.4. The van der Waals surface area contributed by atoms with Crippen LogP contribution in [0.5, 0.6) is 5.75 Å². The number of rotatable bonds is 27. The summed E-state index contributed by atoms with van der Waals surface area (Å²) in [6.07, 6.45) is 3.03. The van der Waals surface area contributed by atoms with Crippen molar-refractivity contribution in [2.75, 3.05) is 39.5 Å². The minimum Gasteiger partial charge on any atom is -0.425 e. The number of Topliss-reactive ketones (excluding diaryl/α,β-unsaturated/α-hetero) is 1. The average molecular weight is 1040 g/mol. The third-order valence-corrected chi connectivity index (χ3v) is 13.4. The number of aryl methyl sites for hydroxylation is 2. The van der Waals surface area contributed by atoms with E-state index in [2.05, 4.69) is 36.9 Å². The lowest BCUT2D eigenvalue weighted by Gasteiger charge is -2.41. The van der Waals surface area contributed by atoms with Gasteiger partial charge in [-0.3, -0.25) is 38.2 Å². The van der Waals surface area contributed by atoms with E-state index in [4.69, 9.17) is 14.2 Å². The van der Waals surface area contributed by atoms with Crippen LogP contribution in [-0.2, 0) is 71.2 Å². The normalized spacial score (nSPS) is 17.5. The number of ketones is 1. The summed E-state index contributed by atoms with van der Waals surface area (Å²) in [7, 11) is 1.72. The van der Waals surface area contributed by atoms with Crippen molar-refractivity contribution in [3.05, 3.63) is 113 Å². The van der Waals surface area contributed by atoms with Gasteiger partial charge in [0.1, 0.15) is 54.8 Å². The number of nitrogens with zero attached hydrogens (tertiary/aromatic N) is 4. The molecular weight excluding hydrogens is 959 g/mol. The van der Waals surface area contributed by atoms with E-state index in [1.807, 2.05) is 88.4 Å². The molecule has 2 aliphatic heterocycles. The summed E-state index contributed by atoms with van der Waals surface area (Å²) in [5.74, 6) is -3.69. The Morgan fingerprint density at radius 1 is 0.733 bits per heavy atom. The van der Waals surface area contributed by atoms with E-state index in [9.17, 15) is 33.6 Å². The molecule has 0 aliphatic carbocycles. The van der Waals surface area contributed by atoms with Gasteiger partial charge in [0, 0.05) is 25.2 Å².